The van der Waals surface area contributed by atoms with Gasteiger partial charge in [0.2, 0.25) is 0 Å². The van der Waals surface area contributed by atoms with Crippen LogP contribution in [0.25, 0.3) is 0 Å². The molecule has 2 aliphatic heterocycles. The van der Waals surface area contributed by atoms with Crippen molar-refractivity contribution >= 4 is 11.8 Å². The zero-order valence-corrected chi connectivity index (χ0v) is 9.11. The lowest BCUT2D eigenvalue weighted by atomic mass is 10.0. The molecule has 0 saturated carbocycles. The first-order chi connectivity index (χ1) is 6.36. The summed E-state index contributed by atoms with van der Waals surface area (Å²) in [5, 5.41) is 0. The highest BCUT2D eigenvalue weighted by atomic mass is 32.2. The molecule has 2 rings (SSSR count). The van der Waals surface area contributed by atoms with E-state index in [-0.39, 0.29) is 0 Å². The van der Waals surface area contributed by atoms with Gasteiger partial charge in [0, 0.05) is 18.3 Å². The molecular formula is C11H19NS. The maximum Gasteiger partial charge on any atom is 0.0193 e. The molecule has 74 valence electrons. The lowest BCUT2D eigenvalue weighted by Crippen LogP contribution is -2.42. The van der Waals surface area contributed by atoms with E-state index in [1.165, 1.54) is 55.9 Å². The van der Waals surface area contributed by atoms with E-state index in [9.17, 15) is 0 Å². The molecule has 1 atom stereocenters. The van der Waals surface area contributed by atoms with Crippen molar-refractivity contribution in [2.24, 2.45) is 0 Å². The van der Waals surface area contributed by atoms with Gasteiger partial charge in [-0.25, -0.2) is 0 Å². The summed E-state index contributed by atoms with van der Waals surface area (Å²) >= 11 is 2.13. The third kappa shape index (κ3) is 2.50. The summed E-state index contributed by atoms with van der Waals surface area (Å²) < 4.78 is 0. The first kappa shape index (κ1) is 9.60. The normalized spacial score (nSPS) is 32.0. The molecule has 0 aromatic rings. The Morgan fingerprint density at radius 2 is 2.31 bits per heavy atom. The highest BCUT2D eigenvalue weighted by Gasteiger charge is 2.23. The zero-order valence-electron chi connectivity index (χ0n) is 8.30. The lowest BCUT2D eigenvalue weighted by molar-refractivity contribution is 0.195. The van der Waals surface area contributed by atoms with Crippen molar-refractivity contribution in [3.05, 3.63) is 12.2 Å². The molecule has 0 radical (unpaired) electrons. The monoisotopic (exact) mass is 197 g/mol. The Morgan fingerprint density at radius 3 is 3.00 bits per heavy atom. The molecule has 0 aromatic carbocycles. The maximum absolute atomic E-state index is 4.11. The fraction of sp³-hybridized carbons (Fsp3) is 0.818. The zero-order chi connectivity index (χ0) is 9.10. The van der Waals surface area contributed by atoms with Crippen LogP contribution in [0, 0.1) is 0 Å². The largest absolute Gasteiger partial charge is 0.296 e. The van der Waals surface area contributed by atoms with Gasteiger partial charge in [-0.3, -0.25) is 4.90 Å². The minimum absolute atomic E-state index is 0.857. The first-order valence-corrected chi connectivity index (χ1v) is 6.50. The molecule has 1 unspecified atom stereocenters. The van der Waals surface area contributed by atoms with Crippen LogP contribution in [-0.2, 0) is 0 Å². The van der Waals surface area contributed by atoms with E-state index in [0.717, 1.165) is 6.04 Å². The Kier molecular flexibility index (Phi) is 3.33. The van der Waals surface area contributed by atoms with Gasteiger partial charge in [0.25, 0.3) is 0 Å². The molecule has 2 saturated heterocycles. The number of likely N-dealkylation sites (tertiary alicyclic amines) is 1. The molecule has 13 heavy (non-hydrogen) atoms. The standard InChI is InChI=1S/C11H19NS/c1-10-4-2-6-12(8-10)11-5-3-7-13-9-11/h11H,1-9H2. The fourth-order valence-electron chi connectivity index (χ4n) is 2.30. The van der Waals surface area contributed by atoms with Crippen molar-refractivity contribution in [2.45, 2.75) is 31.7 Å². The van der Waals surface area contributed by atoms with Crippen LogP contribution < -0.4 is 0 Å². The van der Waals surface area contributed by atoms with Gasteiger partial charge in [0.15, 0.2) is 0 Å². The second-order valence-corrected chi connectivity index (χ2v) is 5.34. The van der Waals surface area contributed by atoms with Gasteiger partial charge in [0.1, 0.15) is 0 Å². The van der Waals surface area contributed by atoms with Gasteiger partial charge in [-0.2, -0.15) is 11.8 Å². The number of hydrogen-bond acceptors (Lipinski definition) is 2. The van der Waals surface area contributed by atoms with Gasteiger partial charge >= 0.3 is 0 Å². The Labute approximate surface area is 85.6 Å². The van der Waals surface area contributed by atoms with Gasteiger partial charge in [0.05, 0.1) is 0 Å². The summed E-state index contributed by atoms with van der Waals surface area (Å²) in [4.78, 5) is 2.65. The van der Waals surface area contributed by atoms with Crippen molar-refractivity contribution < 1.29 is 0 Å². The van der Waals surface area contributed by atoms with Crippen molar-refractivity contribution in [1.29, 1.82) is 0 Å². The number of hydrogen-bond donors (Lipinski definition) is 0. The molecule has 2 aliphatic rings. The Balaban J connectivity index is 1.87. The molecule has 2 fully saturated rings. The molecule has 0 amide bonds. The van der Waals surface area contributed by atoms with Crippen molar-refractivity contribution in [2.75, 3.05) is 24.6 Å². The van der Waals surface area contributed by atoms with Gasteiger partial charge in [-0.15, -0.1) is 0 Å². The Morgan fingerprint density at radius 1 is 1.38 bits per heavy atom. The predicted molar refractivity (Wildman–Crippen MR) is 60.3 cm³/mol. The topological polar surface area (TPSA) is 3.24 Å². The average Bonchev–Trinajstić information content (AvgIpc) is 2.19. The van der Waals surface area contributed by atoms with Crippen LogP contribution in [0.4, 0.5) is 0 Å². The third-order valence-corrected chi connectivity index (χ3v) is 4.25. The van der Waals surface area contributed by atoms with Crippen molar-refractivity contribution in [1.82, 2.24) is 4.90 Å². The number of rotatable bonds is 1. The molecule has 1 nitrogen and oxygen atoms in total. The van der Waals surface area contributed by atoms with Crippen LogP contribution >= 0.6 is 11.8 Å². The maximum atomic E-state index is 4.11. The SMILES string of the molecule is C=C1CCCN(C2CCCSC2)C1. The summed E-state index contributed by atoms with van der Waals surface area (Å²) in [7, 11) is 0. The Hall–Kier alpha value is 0.0500. The van der Waals surface area contributed by atoms with E-state index in [2.05, 4.69) is 23.2 Å². The van der Waals surface area contributed by atoms with Crippen LogP contribution in [0.5, 0.6) is 0 Å². The van der Waals surface area contributed by atoms with Crippen LogP contribution in [-0.4, -0.2) is 35.5 Å². The lowest BCUT2D eigenvalue weighted by Gasteiger charge is -2.37. The molecular weight excluding hydrogens is 178 g/mol. The second kappa shape index (κ2) is 4.52. The summed E-state index contributed by atoms with van der Waals surface area (Å²) in [6.07, 6.45) is 5.43. The number of thioether (sulfide) groups is 1. The fourth-order valence-corrected chi connectivity index (χ4v) is 3.49. The van der Waals surface area contributed by atoms with Crippen molar-refractivity contribution in [3.63, 3.8) is 0 Å². The smallest absolute Gasteiger partial charge is 0.0193 e. The van der Waals surface area contributed by atoms with Crippen LogP contribution in [0.3, 0.4) is 0 Å². The number of piperidine rings is 1. The van der Waals surface area contributed by atoms with Gasteiger partial charge < -0.3 is 0 Å². The van der Waals surface area contributed by atoms with E-state index in [4.69, 9.17) is 0 Å². The molecule has 0 bridgehead atoms. The van der Waals surface area contributed by atoms with Crippen LogP contribution in [0.15, 0.2) is 12.2 Å². The molecule has 0 aromatic heterocycles. The molecule has 0 aliphatic carbocycles. The highest BCUT2D eigenvalue weighted by molar-refractivity contribution is 7.99. The molecule has 2 heterocycles. The quantitative estimate of drug-likeness (QED) is 0.594. The minimum atomic E-state index is 0.857. The summed E-state index contributed by atoms with van der Waals surface area (Å²) in [6.45, 7) is 6.59. The van der Waals surface area contributed by atoms with E-state index < -0.39 is 0 Å². The summed E-state index contributed by atoms with van der Waals surface area (Å²) in [5.41, 5.74) is 1.45. The second-order valence-electron chi connectivity index (χ2n) is 4.19. The molecule has 0 spiro atoms. The molecule has 2 heteroatoms. The number of nitrogens with zero attached hydrogens (tertiary/aromatic N) is 1. The van der Waals surface area contributed by atoms with Crippen LogP contribution in [0.2, 0.25) is 0 Å². The summed E-state index contributed by atoms with van der Waals surface area (Å²) in [5.74, 6) is 2.73. The van der Waals surface area contributed by atoms with Crippen LogP contribution in [0.1, 0.15) is 25.7 Å². The minimum Gasteiger partial charge on any atom is -0.296 e. The summed E-state index contributed by atoms with van der Waals surface area (Å²) in [6, 6.07) is 0.857. The third-order valence-electron chi connectivity index (χ3n) is 3.06. The first-order valence-electron chi connectivity index (χ1n) is 5.35. The van der Waals surface area contributed by atoms with E-state index in [1.54, 1.807) is 0 Å². The van der Waals surface area contributed by atoms with Crippen molar-refractivity contribution in [3.8, 4) is 0 Å². The van der Waals surface area contributed by atoms with Gasteiger partial charge in [-0.05, 0) is 38.0 Å². The van der Waals surface area contributed by atoms with E-state index >= 15 is 0 Å². The van der Waals surface area contributed by atoms with Gasteiger partial charge in [-0.1, -0.05) is 12.2 Å². The Bertz CT molecular complexity index is 185. The average molecular weight is 197 g/mol. The highest BCUT2D eigenvalue weighted by Crippen LogP contribution is 2.25. The van der Waals surface area contributed by atoms with E-state index in [0.29, 0.717) is 0 Å². The predicted octanol–water partition coefficient (Wildman–Crippen LogP) is 2.53. The molecule has 0 N–H and O–H groups in total. The van der Waals surface area contributed by atoms with E-state index in [1.807, 2.05) is 0 Å².